The molecule has 1 aliphatic heterocycles. The lowest BCUT2D eigenvalue weighted by atomic mass is 9.98. The van der Waals surface area contributed by atoms with Crippen molar-refractivity contribution in [2.75, 3.05) is 25.0 Å². The number of halogens is 1. The van der Waals surface area contributed by atoms with Gasteiger partial charge in [0.15, 0.2) is 0 Å². The first-order chi connectivity index (χ1) is 8.72. The summed E-state index contributed by atoms with van der Waals surface area (Å²) >= 11 is 3.65. The Kier molecular flexibility index (Phi) is 5.07. The van der Waals surface area contributed by atoms with E-state index in [1.807, 2.05) is 7.05 Å². The maximum absolute atomic E-state index is 3.65. The minimum absolute atomic E-state index is 0.695. The van der Waals surface area contributed by atoms with Crippen LogP contribution in [0.2, 0.25) is 0 Å². The molecule has 1 fully saturated rings. The Morgan fingerprint density at radius 1 is 1.39 bits per heavy atom. The van der Waals surface area contributed by atoms with Gasteiger partial charge < -0.3 is 10.2 Å². The maximum Gasteiger partial charge on any atom is 0.0380 e. The molecular formula is C15H23BrN2. The van der Waals surface area contributed by atoms with Crippen molar-refractivity contribution in [3.8, 4) is 0 Å². The highest BCUT2D eigenvalue weighted by molar-refractivity contribution is 9.10. The van der Waals surface area contributed by atoms with Crippen molar-refractivity contribution < 1.29 is 0 Å². The molecule has 0 saturated carbocycles. The summed E-state index contributed by atoms with van der Waals surface area (Å²) in [5.74, 6) is 0. The van der Waals surface area contributed by atoms with E-state index in [-0.39, 0.29) is 0 Å². The van der Waals surface area contributed by atoms with Crippen molar-refractivity contribution in [1.82, 2.24) is 5.32 Å². The summed E-state index contributed by atoms with van der Waals surface area (Å²) < 4.78 is 1.22. The van der Waals surface area contributed by atoms with Crippen molar-refractivity contribution in [3.63, 3.8) is 0 Å². The molecule has 1 aromatic carbocycles. The van der Waals surface area contributed by atoms with Gasteiger partial charge >= 0.3 is 0 Å². The van der Waals surface area contributed by atoms with Crippen LogP contribution >= 0.6 is 15.9 Å². The number of hydrogen-bond donors (Lipinski definition) is 1. The zero-order chi connectivity index (χ0) is 13.0. The zero-order valence-corrected chi connectivity index (χ0v) is 13.0. The van der Waals surface area contributed by atoms with Crippen molar-refractivity contribution in [2.45, 2.75) is 38.6 Å². The van der Waals surface area contributed by atoms with Gasteiger partial charge in [-0.1, -0.05) is 22.0 Å². The second-order valence-corrected chi connectivity index (χ2v) is 6.02. The summed E-state index contributed by atoms with van der Waals surface area (Å²) in [4.78, 5) is 2.59. The van der Waals surface area contributed by atoms with Gasteiger partial charge in [-0.3, -0.25) is 0 Å². The minimum atomic E-state index is 0.695. The third kappa shape index (κ3) is 3.27. The van der Waals surface area contributed by atoms with Gasteiger partial charge in [-0.15, -0.1) is 0 Å². The van der Waals surface area contributed by atoms with Gasteiger partial charge in [0.05, 0.1) is 0 Å². The number of hydrogen-bond acceptors (Lipinski definition) is 2. The molecule has 1 unspecified atom stereocenters. The van der Waals surface area contributed by atoms with Crippen molar-refractivity contribution in [2.24, 2.45) is 0 Å². The number of benzene rings is 1. The third-order valence-corrected chi connectivity index (χ3v) is 4.70. The SMILES string of the molecule is CNCCC1CCCCN1c1ccc(C)c(Br)c1. The van der Waals surface area contributed by atoms with Crippen LogP contribution in [0.15, 0.2) is 22.7 Å². The Balaban J connectivity index is 2.14. The molecule has 1 atom stereocenters. The van der Waals surface area contributed by atoms with Crippen molar-refractivity contribution >= 4 is 21.6 Å². The van der Waals surface area contributed by atoms with Crippen LogP contribution in [0.3, 0.4) is 0 Å². The molecule has 0 aromatic heterocycles. The van der Waals surface area contributed by atoms with Crippen molar-refractivity contribution in [3.05, 3.63) is 28.2 Å². The van der Waals surface area contributed by atoms with Crippen LogP contribution in [0, 0.1) is 6.92 Å². The Morgan fingerprint density at radius 3 is 2.94 bits per heavy atom. The predicted molar refractivity (Wildman–Crippen MR) is 82.4 cm³/mol. The molecular weight excluding hydrogens is 288 g/mol. The fourth-order valence-corrected chi connectivity index (χ4v) is 3.08. The van der Waals surface area contributed by atoms with E-state index in [4.69, 9.17) is 0 Å². The van der Waals surface area contributed by atoms with E-state index < -0.39 is 0 Å². The molecule has 100 valence electrons. The first-order valence-electron chi connectivity index (χ1n) is 6.90. The first-order valence-corrected chi connectivity index (χ1v) is 7.69. The van der Waals surface area contributed by atoms with Crippen LogP contribution in [-0.2, 0) is 0 Å². The highest BCUT2D eigenvalue weighted by Gasteiger charge is 2.22. The van der Waals surface area contributed by atoms with Gasteiger partial charge in [-0.05, 0) is 63.9 Å². The number of rotatable bonds is 4. The van der Waals surface area contributed by atoms with E-state index in [0.29, 0.717) is 6.04 Å². The topological polar surface area (TPSA) is 15.3 Å². The van der Waals surface area contributed by atoms with Crippen LogP contribution in [-0.4, -0.2) is 26.2 Å². The van der Waals surface area contributed by atoms with Crippen LogP contribution in [0.4, 0.5) is 5.69 Å². The summed E-state index contributed by atoms with van der Waals surface area (Å²) in [6.07, 6.45) is 5.26. The van der Waals surface area contributed by atoms with Crippen LogP contribution < -0.4 is 10.2 Å². The third-order valence-electron chi connectivity index (χ3n) is 3.84. The van der Waals surface area contributed by atoms with Gasteiger partial charge in [0.25, 0.3) is 0 Å². The zero-order valence-electron chi connectivity index (χ0n) is 11.4. The molecule has 1 N–H and O–H groups in total. The maximum atomic E-state index is 3.65. The molecule has 0 spiro atoms. The number of aryl methyl sites for hydroxylation is 1. The van der Waals surface area contributed by atoms with E-state index in [0.717, 1.165) is 6.54 Å². The second-order valence-electron chi connectivity index (χ2n) is 5.17. The van der Waals surface area contributed by atoms with Gasteiger partial charge in [-0.25, -0.2) is 0 Å². The minimum Gasteiger partial charge on any atom is -0.368 e. The Labute approximate surface area is 119 Å². The van der Waals surface area contributed by atoms with Crippen molar-refractivity contribution in [1.29, 1.82) is 0 Å². The van der Waals surface area contributed by atoms with Gasteiger partial charge in [0.2, 0.25) is 0 Å². The van der Waals surface area contributed by atoms with Gasteiger partial charge in [0, 0.05) is 22.7 Å². The Morgan fingerprint density at radius 2 is 2.22 bits per heavy atom. The molecule has 1 aromatic rings. The number of piperidine rings is 1. The van der Waals surface area contributed by atoms with E-state index in [2.05, 4.69) is 51.3 Å². The average molecular weight is 311 g/mol. The highest BCUT2D eigenvalue weighted by atomic mass is 79.9. The van der Waals surface area contributed by atoms with E-state index in [1.165, 1.54) is 48.0 Å². The highest BCUT2D eigenvalue weighted by Crippen LogP contribution is 2.29. The summed E-state index contributed by atoms with van der Waals surface area (Å²) in [6.45, 7) is 4.45. The Hall–Kier alpha value is -0.540. The molecule has 1 heterocycles. The van der Waals surface area contributed by atoms with Crippen LogP contribution in [0.5, 0.6) is 0 Å². The van der Waals surface area contributed by atoms with Gasteiger partial charge in [-0.2, -0.15) is 0 Å². The first kappa shape index (κ1) is 13.9. The molecule has 2 nitrogen and oxygen atoms in total. The molecule has 0 amide bonds. The largest absolute Gasteiger partial charge is 0.368 e. The standard InChI is InChI=1S/C15H23BrN2/c1-12-6-7-14(11-15(12)16)18-10-4-3-5-13(18)8-9-17-2/h6-7,11,13,17H,3-5,8-10H2,1-2H3. The quantitative estimate of drug-likeness (QED) is 0.911. The van der Waals surface area contributed by atoms with E-state index in [9.17, 15) is 0 Å². The van der Waals surface area contributed by atoms with Gasteiger partial charge in [0.1, 0.15) is 0 Å². The predicted octanol–water partition coefficient (Wildman–Crippen LogP) is 3.73. The van der Waals surface area contributed by atoms with E-state index in [1.54, 1.807) is 0 Å². The number of nitrogens with zero attached hydrogens (tertiary/aromatic N) is 1. The Bertz CT molecular complexity index is 392. The number of nitrogens with one attached hydrogen (secondary N) is 1. The van der Waals surface area contributed by atoms with Crippen LogP contribution in [0.1, 0.15) is 31.2 Å². The van der Waals surface area contributed by atoms with E-state index >= 15 is 0 Å². The second kappa shape index (κ2) is 6.58. The molecule has 2 rings (SSSR count). The lowest BCUT2D eigenvalue weighted by Crippen LogP contribution is -2.41. The molecule has 0 aliphatic carbocycles. The smallest absolute Gasteiger partial charge is 0.0380 e. The monoisotopic (exact) mass is 310 g/mol. The summed E-state index contributed by atoms with van der Waals surface area (Å²) in [6, 6.07) is 7.44. The molecule has 1 aliphatic rings. The summed E-state index contributed by atoms with van der Waals surface area (Å²) in [5, 5.41) is 3.27. The molecule has 18 heavy (non-hydrogen) atoms. The molecule has 0 bridgehead atoms. The average Bonchev–Trinajstić information content (AvgIpc) is 2.40. The fraction of sp³-hybridized carbons (Fsp3) is 0.600. The number of anilines is 1. The summed E-state index contributed by atoms with van der Waals surface area (Å²) in [5.41, 5.74) is 2.68. The fourth-order valence-electron chi connectivity index (χ4n) is 2.71. The normalized spacial score (nSPS) is 20.2. The summed E-state index contributed by atoms with van der Waals surface area (Å²) in [7, 11) is 2.04. The van der Waals surface area contributed by atoms with Crippen LogP contribution in [0.25, 0.3) is 0 Å². The lowest BCUT2D eigenvalue weighted by Gasteiger charge is -2.38. The molecule has 1 saturated heterocycles. The lowest BCUT2D eigenvalue weighted by molar-refractivity contribution is 0.433. The molecule has 0 radical (unpaired) electrons. The molecule has 3 heteroatoms.